The van der Waals surface area contributed by atoms with Crippen molar-refractivity contribution in [3.8, 4) is 17.0 Å². The third-order valence-corrected chi connectivity index (χ3v) is 6.74. The Morgan fingerprint density at radius 3 is 2.64 bits per heavy atom. The highest BCUT2D eigenvalue weighted by atomic mass is 32.2. The lowest BCUT2D eigenvalue weighted by Gasteiger charge is -2.32. The van der Waals surface area contributed by atoms with E-state index in [0.29, 0.717) is 33.4 Å². The molecule has 1 aromatic heterocycles. The maximum absolute atomic E-state index is 13.4. The normalized spacial score (nSPS) is 14.2. The van der Waals surface area contributed by atoms with Crippen LogP contribution in [-0.4, -0.2) is 27.7 Å². The molecular formula is C27H23N4O4S+. The molecule has 0 spiro atoms. The molecule has 9 heteroatoms. The van der Waals surface area contributed by atoms with Gasteiger partial charge in [0.05, 0.1) is 16.8 Å². The number of amides is 1. The average molecular weight is 500 g/mol. The number of nitrogens with zero attached hydrogens (tertiary/aromatic N) is 3. The molecule has 5 rings (SSSR count). The van der Waals surface area contributed by atoms with Crippen LogP contribution < -0.4 is 19.9 Å². The minimum Gasteiger partial charge on any atom is -0.426 e. The first kappa shape index (κ1) is 23.5. The molecule has 1 atom stereocenters. The van der Waals surface area contributed by atoms with E-state index in [-0.39, 0.29) is 17.2 Å². The topological polar surface area (TPSA) is 96.2 Å². The lowest BCUT2D eigenvalue weighted by atomic mass is 9.96. The smallest absolute Gasteiger partial charge is 0.325 e. The number of nitrogens with one attached hydrogen (secondary N) is 1. The molecule has 0 fully saturated rings. The summed E-state index contributed by atoms with van der Waals surface area (Å²) in [5.41, 5.74) is 1.66. The van der Waals surface area contributed by atoms with Gasteiger partial charge in [0.25, 0.3) is 6.17 Å². The number of ether oxygens (including phenoxy) is 1. The average Bonchev–Trinajstić information content (AvgIpc) is 2.86. The summed E-state index contributed by atoms with van der Waals surface area (Å²) >= 11 is 1.32. The molecule has 3 aromatic carbocycles. The van der Waals surface area contributed by atoms with Crippen molar-refractivity contribution in [3.05, 3.63) is 89.2 Å². The number of fused-ring (bicyclic) bond motifs is 4. The van der Waals surface area contributed by atoms with Crippen LogP contribution in [0.5, 0.6) is 5.75 Å². The molecule has 0 radical (unpaired) electrons. The summed E-state index contributed by atoms with van der Waals surface area (Å²) in [5.74, 6) is 0.0724. The van der Waals surface area contributed by atoms with Gasteiger partial charge in [0.15, 0.2) is 0 Å². The van der Waals surface area contributed by atoms with Gasteiger partial charge in [0, 0.05) is 24.7 Å². The van der Waals surface area contributed by atoms with E-state index in [1.807, 2.05) is 42.5 Å². The number of rotatable bonds is 5. The van der Waals surface area contributed by atoms with Crippen LogP contribution >= 0.6 is 11.8 Å². The minimum atomic E-state index is -0.891. The van der Waals surface area contributed by atoms with Crippen LogP contribution in [0.15, 0.2) is 83.3 Å². The van der Waals surface area contributed by atoms with Crippen LogP contribution in [0.1, 0.15) is 25.6 Å². The molecule has 0 saturated heterocycles. The largest absolute Gasteiger partial charge is 0.426 e. The molecule has 0 bridgehead atoms. The van der Waals surface area contributed by atoms with Gasteiger partial charge in [-0.25, -0.2) is 4.90 Å². The molecule has 1 N–H and O–H groups in total. The van der Waals surface area contributed by atoms with Crippen molar-refractivity contribution in [2.45, 2.75) is 25.2 Å². The molecule has 2 heterocycles. The summed E-state index contributed by atoms with van der Waals surface area (Å²) in [5, 5.41) is 6.81. The van der Waals surface area contributed by atoms with Gasteiger partial charge >= 0.3 is 17.2 Å². The van der Waals surface area contributed by atoms with Crippen LogP contribution in [-0.2, 0) is 9.59 Å². The van der Waals surface area contributed by atoms with Crippen molar-refractivity contribution in [1.29, 1.82) is 0 Å². The first-order valence-corrected chi connectivity index (χ1v) is 12.3. The zero-order valence-corrected chi connectivity index (χ0v) is 20.5. The number of thioether (sulfide) groups is 1. The number of H-pyrrole nitrogens is 1. The summed E-state index contributed by atoms with van der Waals surface area (Å²) in [6.45, 7) is 6.53. The van der Waals surface area contributed by atoms with Gasteiger partial charge < -0.3 is 4.74 Å². The summed E-state index contributed by atoms with van der Waals surface area (Å²) < 4.78 is 7.20. The second kappa shape index (κ2) is 9.43. The van der Waals surface area contributed by atoms with Gasteiger partial charge in [0.1, 0.15) is 5.75 Å². The third kappa shape index (κ3) is 3.97. The molecule has 0 unspecified atom stereocenters. The van der Waals surface area contributed by atoms with Crippen LogP contribution in [0.4, 0.5) is 5.69 Å². The number of hydrogen-bond donors (Lipinski definition) is 1. The van der Waals surface area contributed by atoms with Gasteiger partial charge in [-0.1, -0.05) is 60.3 Å². The Balaban J connectivity index is 1.91. The molecule has 36 heavy (non-hydrogen) atoms. The van der Waals surface area contributed by atoms with E-state index in [4.69, 9.17) is 9.84 Å². The SMILES string of the molecule is C=CCSc1n[n+]2c(c(=O)[nH]1)-c1ccccc1N(C(C)=O)[C@@H]2c1c(OC(C)=O)ccc2ccccc12. The number of aromatic nitrogens is 3. The van der Waals surface area contributed by atoms with Gasteiger partial charge in [0.2, 0.25) is 11.1 Å². The van der Waals surface area contributed by atoms with Gasteiger partial charge in [-0.3, -0.25) is 19.4 Å². The summed E-state index contributed by atoms with van der Waals surface area (Å²) in [7, 11) is 0. The maximum atomic E-state index is 13.4. The van der Waals surface area contributed by atoms with E-state index < -0.39 is 12.1 Å². The lowest BCUT2D eigenvalue weighted by molar-refractivity contribution is -0.762. The predicted molar refractivity (Wildman–Crippen MR) is 138 cm³/mol. The van der Waals surface area contributed by atoms with Crippen LogP contribution in [0.3, 0.4) is 0 Å². The Bertz CT molecular complexity index is 1600. The van der Waals surface area contributed by atoms with E-state index in [1.165, 1.54) is 25.6 Å². The first-order chi connectivity index (χ1) is 17.4. The van der Waals surface area contributed by atoms with Gasteiger partial charge in [-0.05, 0) is 33.7 Å². The first-order valence-electron chi connectivity index (χ1n) is 11.3. The van der Waals surface area contributed by atoms with E-state index in [9.17, 15) is 14.4 Å². The molecule has 0 saturated carbocycles. The monoisotopic (exact) mass is 499 g/mol. The van der Waals surface area contributed by atoms with E-state index in [1.54, 1.807) is 33.9 Å². The molecule has 1 aliphatic rings. The third-order valence-electron chi connectivity index (χ3n) is 5.88. The van der Waals surface area contributed by atoms with Gasteiger partial charge in [-0.2, -0.15) is 0 Å². The molecule has 1 amide bonds. The number of aromatic amines is 1. The fraction of sp³-hybridized carbons (Fsp3) is 0.148. The summed E-state index contributed by atoms with van der Waals surface area (Å²) in [6.07, 6.45) is 0.825. The predicted octanol–water partition coefficient (Wildman–Crippen LogP) is 3.99. The van der Waals surface area contributed by atoms with E-state index in [0.717, 1.165) is 10.8 Å². The molecular weight excluding hydrogens is 476 g/mol. The molecule has 1 aliphatic heterocycles. The van der Waals surface area contributed by atoms with Crippen molar-refractivity contribution in [1.82, 2.24) is 10.1 Å². The van der Waals surface area contributed by atoms with Crippen LogP contribution in [0.2, 0.25) is 0 Å². The number of esters is 1. The number of carbonyl (C=O) groups excluding carboxylic acids is 2. The highest BCUT2D eigenvalue weighted by Gasteiger charge is 2.47. The lowest BCUT2D eigenvalue weighted by Crippen LogP contribution is -2.60. The fourth-order valence-corrected chi connectivity index (χ4v) is 5.15. The van der Waals surface area contributed by atoms with Crippen LogP contribution in [0.25, 0.3) is 22.0 Å². The van der Waals surface area contributed by atoms with Crippen molar-refractivity contribution in [3.63, 3.8) is 0 Å². The number of anilines is 1. The number of hydrogen-bond acceptors (Lipinski definition) is 6. The number of carbonyl (C=O) groups is 2. The fourth-order valence-electron chi connectivity index (χ4n) is 4.56. The Hall–Kier alpha value is -4.24. The Morgan fingerprint density at radius 1 is 1.14 bits per heavy atom. The van der Waals surface area contributed by atoms with Crippen molar-refractivity contribution >= 4 is 40.1 Å². The maximum Gasteiger partial charge on any atom is 0.325 e. The number of para-hydroxylation sites is 1. The second-order valence-corrected chi connectivity index (χ2v) is 9.23. The highest BCUT2D eigenvalue weighted by molar-refractivity contribution is 7.99. The van der Waals surface area contributed by atoms with E-state index in [2.05, 4.69) is 11.6 Å². The van der Waals surface area contributed by atoms with Crippen LogP contribution in [0, 0.1) is 0 Å². The quantitative estimate of drug-likeness (QED) is 0.147. The Labute approximate surface area is 211 Å². The van der Waals surface area contributed by atoms with Crippen molar-refractivity contribution in [2.75, 3.05) is 10.7 Å². The second-order valence-electron chi connectivity index (χ2n) is 8.22. The van der Waals surface area contributed by atoms with Crippen molar-refractivity contribution in [2.24, 2.45) is 0 Å². The van der Waals surface area contributed by atoms with Gasteiger partial charge in [-0.15, -0.1) is 6.58 Å². The molecule has 4 aromatic rings. The molecule has 0 aliphatic carbocycles. The zero-order valence-electron chi connectivity index (χ0n) is 19.7. The molecule has 8 nitrogen and oxygen atoms in total. The Kier molecular flexibility index (Phi) is 6.15. The summed E-state index contributed by atoms with van der Waals surface area (Å²) in [4.78, 5) is 43.2. The zero-order chi connectivity index (χ0) is 25.4. The standard InChI is InChI=1S/C27H22N4O4S/c1-4-15-36-27-28-25(34)24-20-11-7-8-12-21(20)30(16(2)32)26(31(24)29-27)23-19-10-6-5-9-18(19)13-14-22(23)35-17(3)33/h4-14,26H,1,15H2,2-3H3/p+1/t26-/m0/s1. The minimum absolute atomic E-state index is 0.255. The summed E-state index contributed by atoms with van der Waals surface area (Å²) in [6, 6.07) is 18.4. The Morgan fingerprint density at radius 2 is 1.89 bits per heavy atom. The molecule has 180 valence electrons. The van der Waals surface area contributed by atoms with E-state index >= 15 is 0 Å². The number of benzene rings is 3. The van der Waals surface area contributed by atoms with Crippen molar-refractivity contribution < 1.29 is 19.0 Å². The highest BCUT2D eigenvalue weighted by Crippen LogP contribution is 2.42.